The van der Waals surface area contributed by atoms with Crippen molar-refractivity contribution >= 4 is 46.3 Å². The molecule has 1 saturated heterocycles. The van der Waals surface area contributed by atoms with Crippen molar-refractivity contribution in [3.8, 4) is 0 Å². The van der Waals surface area contributed by atoms with E-state index in [-0.39, 0.29) is 18.2 Å². The van der Waals surface area contributed by atoms with Gasteiger partial charge in [-0.3, -0.25) is 9.59 Å². The molecule has 0 saturated carbocycles. The second-order valence-corrected chi connectivity index (χ2v) is 9.43. The molecule has 8 nitrogen and oxygen atoms in total. The van der Waals surface area contributed by atoms with Crippen LogP contribution < -0.4 is 0 Å². The van der Waals surface area contributed by atoms with Gasteiger partial charge in [0.25, 0.3) is 0 Å². The summed E-state index contributed by atoms with van der Waals surface area (Å²) in [6.07, 6.45) is 0.709. The average molecular weight is 503 g/mol. The molecule has 10 heteroatoms. The maximum atomic E-state index is 13.2. The summed E-state index contributed by atoms with van der Waals surface area (Å²) in [4.78, 5) is 47.9. The number of thioether (sulfide) groups is 1. The summed E-state index contributed by atoms with van der Waals surface area (Å²) in [6.45, 7) is 5.55. The van der Waals surface area contributed by atoms with Crippen LogP contribution in [0.4, 0.5) is 0 Å². The minimum atomic E-state index is -0.549. The van der Waals surface area contributed by atoms with Crippen LogP contribution in [0.5, 0.6) is 0 Å². The van der Waals surface area contributed by atoms with Gasteiger partial charge in [0, 0.05) is 43.8 Å². The molecule has 0 unspecified atom stereocenters. The second kappa shape index (κ2) is 10.2. The van der Waals surface area contributed by atoms with E-state index in [0.717, 1.165) is 11.3 Å². The molecule has 34 heavy (non-hydrogen) atoms. The first-order chi connectivity index (χ1) is 16.3. The number of fused-ring (bicyclic) bond motifs is 1. The van der Waals surface area contributed by atoms with Gasteiger partial charge >= 0.3 is 5.97 Å². The van der Waals surface area contributed by atoms with E-state index in [1.807, 2.05) is 35.4 Å². The molecule has 180 valence electrons. The number of methoxy groups -OCH3 is 1. The summed E-state index contributed by atoms with van der Waals surface area (Å²) in [5.41, 5.74) is 2.58. The molecule has 4 rings (SSSR count). The Morgan fingerprint density at radius 2 is 1.82 bits per heavy atom. The second-order valence-electron chi connectivity index (χ2n) is 8.18. The lowest BCUT2D eigenvalue weighted by Crippen LogP contribution is -2.50. The number of hydrogen-bond acceptors (Lipinski definition) is 7. The average Bonchev–Trinajstić information content (AvgIpc) is 3.25. The summed E-state index contributed by atoms with van der Waals surface area (Å²) < 4.78 is 5.13. The van der Waals surface area contributed by atoms with E-state index >= 15 is 0 Å². The molecule has 0 radical (unpaired) electrons. The number of hydrogen-bond donors (Lipinski definition) is 0. The SMILES string of the molecule is CCC1=C(C(=O)OC)[C@@H](c2ccccc2Cl)N2C(CC(=O)N3CCN(C(C)=O)CC3)=CSC2=N1. The van der Waals surface area contributed by atoms with Crippen molar-refractivity contribution in [2.75, 3.05) is 33.3 Å². The van der Waals surface area contributed by atoms with Crippen molar-refractivity contribution < 1.29 is 19.1 Å². The molecule has 0 spiro atoms. The highest BCUT2D eigenvalue weighted by Gasteiger charge is 2.42. The highest BCUT2D eigenvalue weighted by atomic mass is 35.5. The number of benzene rings is 1. The molecule has 1 aromatic carbocycles. The maximum Gasteiger partial charge on any atom is 0.338 e. The van der Waals surface area contributed by atoms with Crippen LogP contribution in [-0.4, -0.2) is 70.9 Å². The molecule has 1 aromatic rings. The minimum absolute atomic E-state index is 0.0209. The third-order valence-electron chi connectivity index (χ3n) is 6.24. The van der Waals surface area contributed by atoms with Gasteiger partial charge in [-0.1, -0.05) is 48.5 Å². The molecule has 2 amide bonds. The fourth-order valence-electron chi connectivity index (χ4n) is 4.44. The summed E-state index contributed by atoms with van der Waals surface area (Å²) >= 11 is 8.02. The third kappa shape index (κ3) is 4.59. The lowest BCUT2D eigenvalue weighted by Gasteiger charge is -2.38. The van der Waals surface area contributed by atoms with Crippen molar-refractivity contribution in [3.05, 3.63) is 57.2 Å². The standard InChI is InChI=1S/C24H27ClN4O4S/c1-4-19-21(23(32)33-3)22(17-7-5-6-8-18(17)25)29-16(14-34-24(29)26-19)13-20(31)28-11-9-27(10-12-28)15(2)30/h5-8,14,22H,4,9-13H2,1-3H3/t22-/m1/s1. The number of carbonyl (C=O) groups excluding carboxylic acids is 3. The van der Waals surface area contributed by atoms with Crippen LogP contribution in [0.2, 0.25) is 5.02 Å². The fraction of sp³-hybridized carbons (Fsp3) is 0.417. The molecule has 0 bridgehead atoms. The van der Waals surface area contributed by atoms with E-state index in [0.29, 0.717) is 54.1 Å². The monoisotopic (exact) mass is 502 g/mol. The predicted molar refractivity (Wildman–Crippen MR) is 132 cm³/mol. The van der Waals surface area contributed by atoms with Gasteiger partial charge in [0.15, 0.2) is 5.17 Å². The lowest BCUT2D eigenvalue weighted by atomic mass is 9.92. The number of esters is 1. The smallest absolute Gasteiger partial charge is 0.338 e. The molecule has 0 aromatic heterocycles. The minimum Gasteiger partial charge on any atom is -0.466 e. The molecule has 3 aliphatic heterocycles. The van der Waals surface area contributed by atoms with Gasteiger partial charge in [0.05, 0.1) is 30.8 Å². The quantitative estimate of drug-likeness (QED) is 0.572. The summed E-state index contributed by atoms with van der Waals surface area (Å²) in [5.74, 6) is -0.473. The van der Waals surface area contributed by atoms with E-state index in [4.69, 9.17) is 21.3 Å². The van der Waals surface area contributed by atoms with E-state index in [1.165, 1.54) is 18.9 Å². The molecule has 0 aliphatic carbocycles. The Balaban J connectivity index is 1.64. The Hall–Kier alpha value is -2.78. The van der Waals surface area contributed by atoms with E-state index < -0.39 is 12.0 Å². The van der Waals surface area contributed by atoms with Gasteiger partial charge in [-0.15, -0.1) is 0 Å². The zero-order valence-corrected chi connectivity index (χ0v) is 21.0. The number of rotatable bonds is 5. The number of allylic oxidation sites excluding steroid dienone is 1. The Bertz CT molecular complexity index is 1110. The lowest BCUT2D eigenvalue weighted by molar-refractivity contribution is -0.138. The first-order valence-corrected chi connectivity index (χ1v) is 12.4. The van der Waals surface area contributed by atoms with Crippen LogP contribution in [-0.2, 0) is 19.1 Å². The number of aliphatic imine (C=N–C) groups is 1. The van der Waals surface area contributed by atoms with Crippen molar-refractivity contribution in [1.82, 2.24) is 14.7 Å². The van der Waals surface area contributed by atoms with Gasteiger partial charge in [-0.05, 0) is 23.5 Å². The van der Waals surface area contributed by atoms with Gasteiger partial charge < -0.3 is 19.4 Å². The van der Waals surface area contributed by atoms with Crippen LogP contribution >= 0.6 is 23.4 Å². The topological polar surface area (TPSA) is 82.5 Å². The number of carbonyl (C=O) groups is 3. The van der Waals surface area contributed by atoms with Gasteiger partial charge in [0.1, 0.15) is 0 Å². The number of piperazine rings is 1. The Kier molecular flexibility index (Phi) is 7.33. The van der Waals surface area contributed by atoms with Crippen molar-refractivity contribution in [3.63, 3.8) is 0 Å². The van der Waals surface area contributed by atoms with Crippen molar-refractivity contribution in [2.45, 2.75) is 32.7 Å². The van der Waals surface area contributed by atoms with Gasteiger partial charge in [-0.25, -0.2) is 9.79 Å². The number of amides is 2. The number of amidine groups is 1. The molecule has 1 fully saturated rings. The first-order valence-electron chi connectivity index (χ1n) is 11.2. The number of halogens is 1. The van der Waals surface area contributed by atoms with Gasteiger partial charge in [-0.2, -0.15) is 0 Å². The van der Waals surface area contributed by atoms with Crippen LogP contribution in [0.3, 0.4) is 0 Å². The number of ether oxygens (including phenoxy) is 1. The van der Waals surface area contributed by atoms with E-state index in [9.17, 15) is 14.4 Å². The van der Waals surface area contributed by atoms with Crippen molar-refractivity contribution in [2.24, 2.45) is 4.99 Å². The molecule has 0 N–H and O–H groups in total. The zero-order chi connectivity index (χ0) is 24.4. The summed E-state index contributed by atoms with van der Waals surface area (Å²) in [5, 5.41) is 3.15. The van der Waals surface area contributed by atoms with Crippen LogP contribution in [0.15, 0.2) is 51.6 Å². The highest BCUT2D eigenvalue weighted by Crippen LogP contribution is 2.46. The third-order valence-corrected chi connectivity index (χ3v) is 7.47. The maximum absolute atomic E-state index is 13.2. The predicted octanol–water partition coefficient (Wildman–Crippen LogP) is 3.56. The molecule has 3 aliphatic rings. The molecular weight excluding hydrogens is 476 g/mol. The van der Waals surface area contributed by atoms with Crippen molar-refractivity contribution in [1.29, 1.82) is 0 Å². The Morgan fingerprint density at radius 1 is 1.15 bits per heavy atom. The van der Waals surface area contributed by atoms with Gasteiger partial charge in [0.2, 0.25) is 11.8 Å². The van der Waals surface area contributed by atoms with Crippen LogP contribution in [0, 0.1) is 0 Å². The fourth-order valence-corrected chi connectivity index (χ4v) is 5.62. The summed E-state index contributed by atoms with van der Waals surface area (Å²) in [6, 6.07) is 6.84. The molecule has 3 heterocycles. The normalized spacial score (nSPS) is 20.1. The number of nitrogens with zero attached hydrogens (tertiary/aromatic N) is 4. The Morgan fingerprint density at radius 3 is 2.44 bits per heavy atom. The Labute approximate surface area is 208 Å². The molecular formula is C24H27ClN4O4S. The van der Waals surface area contributed by atoms with Crippen LogP contribution in [0.25, 0.3) is 0 Å². The van der Waals surface area contributed by atoms with E-state index in [1.54, 1.807) is 22.8 Å². The van der Waals surface area contributed by atoms with Crippen LogP contribution in [0.1, 0.15) is 38.3 Å². The highest BCUT2D eigenvalue weighted by molar-refractivity contribution is 8.16. The summed E-state index contributed by atoms with van der Waals surface area (Å²) in [7, 11) is 1.35. The zero-order valence-electron chi connectivity index (χ0n) is 19.4. The molecule has 1 atom stereocenters. The first kappa shape index (κ1) is 24.3. The largest absolute Gasteiger partial charge is 0.466 e. The van der Waals surface area contributed by atoms with E-state index in [2.05, 4.69) is 0 Å².